The molecule has 0 spiro atoms. The molecule has 1 atom stereocenters. The number of benzene rings is 1. The van der Waals surface area contributed by atoms with E-state index in [4.69, 9.17) is 32.4 Å². The van der Waals surface area contributed by atoms with Gasteiger partial charge in [0.1, 0.15) is 18.9 Å². The Balaban J connectivity index is 2.04. The van der Waals surface area contributed by atoms with E-state index in [9.17, 15) is 14.4 Å². The summed E-state index contributed by atoms with van der Waals surface area (Å²) in [4.78, 5) is 35.3. The van der Waals surface area contributed by atoms with Gasteiger partial charge in [-0.3, -0.25) is 9.59 Å². The Bertz CT molecular complexity index is 880. The number of hydrogen-bond donors (Lipinski definition) is 1. The zero-order valence-corrected chi connectivity index (χ0v) is 15.4. The Morgan fingerprint density at radius 1 is 1.23 bits per heavy atom. The second-order valence-corrected chi connectivity index (χ2v) is 6.04. The van der Waals surface area contributed by atoms with Crippen LogP contribution >= 0.6 is 23.2 Å². The van der Waals surface area contributed by atoms with Gasteiger partial charge in [-0.05, 0) is 24.6 Å². The molecule has 1 amide bonds. The molecule has 0 radical (unpaired) electrons. The van der Waals surface area contributed by atoms with E-state index >= 15 is 0 Å². The van der Waals surface area contributed by atoms with E-state index in [1.807, 2.05) is 0 Å². The van der Waals surface area contributed by atoms with Crippen LogP contribution < -0.4 is 15.5 Å². The van der Waals surface area contributed by atoms with Crippen molar-refractivity contribution in [2.45, 2.75) is 19.6 Å². The Morgan fingerprint density at radius 3 is 2.58 bits per heavy atom. The van der Waals surface area contributed by atoms with Crippen LogP contribution in [0.25, 0.3) is 0 Å². The predicted molar refractivity (Wildman–Crippen MR) is 94.7 cm³/mol. The Hall–Kier alpha value is -2.51. The van der Waals surface area contributed by atoms with Crippen LogP contribution in [0.3, 0.4) is 0 Å². The standard InChI is InChI=1S/C17H15Cl2NO6/c1-9(17(23)24-2)20-16(22)14-6-13(21)15(8-26-14)25-7-10-3-4-11(18)12(19)5-10/h3-6,8-9H,7H2,1-2H3,(H,20,22). The first-order valence-electron chi connectivity index (χ1n) is 7.40. The normalized spacial score (nSPS) is 11.5. The first kappa shape index (κ1) is 19.8. The summed E-state index contributed by atoms with van der Waals surface area (Å²) in [6, 6.07) is 5.01. The van der Waals surface area contributed by atoms with Gasteiger partial charge in [-0.2, -0.15) is 0 Å². The van der Waals surface area contributed by atoms with Crippen LogP contribution in [0.4, 0.5) is 0 Å². The highest BCUT2D eigenvalue weighted by Gasteiger charge is 2.19. The van der Waals surface area contributed by atoms with Crippen LogP contribution in [0.5, 0.6) is 5.75 Å². The third-order valence-corrected chi connectivity index (χ3v) is 4.04. The monoisotopic (exact) mass is 399 g/mol. The molecule has 26 heavy (non-hydrogen) atoms. The average Bonchev–Trinajstić information content (AvgIpc) is 2.62. The highest BCUT2D eigenvalue weighted by molar-refractivity contribution is 6.42. The average molecular weight is 400 g/mol. The summed E-state index contributed by atoms with van der Waals surface area (Å²) in [5.41, 5.74) is 0.153. The Morgan fingerprint density at radius 2 is 1.96 bits per heavy atom. The second-order valence-electron chi connectivity index (χ2n) is 5.23. The predicted octanol–water partition coefficient (Wildman–Crippen LogP) is 2.82. The Labute approximate surface area is 158 Å². The van der Waals surface area contributed by atoms with Crippen molar-refractivity contribution in [1.82, 2.24) is 5.32 Å². The SMILES string of the molecule is COC(=O)C(C)NC(=O)c1cc(=O)c(OCc2ccc(Cl)c(Cl)c2)co1. The van der Waals surface area contributed by atoms with E-state index < -0.39 is 23.3 Å². The number of rotatable bonds is 6. The number of ether oxygens (including phenoxy) is 2. The van der Waals surface area contributed by atoms with Gasteiger partial charge in [0.25, 0.3) is 5.91 Å². The number of methoxy groups -OCH3 is 1. The lowest BCUT2D eigenvalue weighted by Gasteiger charge is -2.11. The lowest BCUT2D eigenvalue weighted by Crippen LogP contribution is -2.39. The summed E-state index contributed by atoms with van der Waals surface area (Å²) < 4.78 is 15.0. The quantitative estimate of drug-likeness (QED) is 0.750. The van der Waals surface area contributed by atoms with E-state index in [-0.39, 0.29) is 18.1 Å². The van der Waals surface area contributed by atoms with Crippen molar-refractivity contribution in [3.05, 3.63) is 62.1 Å². The van der Waals surface area contributed by atoms with Crippen LogP contribution in [0, 0.1) is 0 Å². The third-order valence-electron chi connectivity index (χ3n) is 3.30. The highest BCUT2D eigenvalue weighted by atomic mass is 35.5. The first-order valence-corrected chi connectivity index (χ1v) is 8.15. The molecule has 138 valence electrons. The molecule has 2 rings (SSSR count). The molecule has 0 saturated carbocycles. The molecule has 1 aromatic heterocycles. The van der Waals surface area contributed by atoms with Crippen LogP contribution in [0.1, 0.15) is 23.0 Å². The lowest BCUT2D eigenvalue weighted by molar-refractivity contribution is -0.142. The number of halogens is 2. The van der Waals surface area contributed by atoms with E-state index in [1.54, 1.807) is 18.2 Å². The molecule has 7 nitrogen and oxygen atoms in total. The summed E-state index contributed by atoms with van der Waals surface area (Å²) >= 11 is 11.7. The van der Waals surface area contributed by atoms with E-state index in [1.165, 1.54) is 14.0 Å². The first-order chi connectivity index (χ1) is 12.3. The number of carbonyl (C=O) groups excluding carboxylic acids is 2. The minimum absolute atomic E-state index is 0.0621. The smallest absolute Gasteiger partial charge is 0.328 e. The molecule has 0 aliphatic carbocycles. The molecule has 1 aromatic carbocycles. The van der Waals surface area contributed by atoms with Crippen molar-refractivity contribution in [3.8, 4) is 5.75 Å². The third kappa shape index (κ3) is 5.00. The van der Waals surface area contributed by atoms with E-state index in [2.05, 4.69) is 10.1 Å². The van der Waals surface area contributed by atoms with Gasteiger partial charge in [-0.1, -0.05) is 29.3 Å². The number of hydrogen-bond acceptors (Lipinski definition) is 6. The molecule has 0 aliphatic rings. The molecule has 0 saturated heterocycles. The molecule has 1 unspecified atom stereocenters. The van der Waals surface area contributed by atoms with Gasteiger partial charge < -0.3 is 19.2 Å². The minimum Gasteiger partial charge on any atom is -0.482 e. The molecular formula is C17H15Cl2NO6. The topological polar surface area (TPSA) is 94.8 Å². The molecule has 9 heteroatoms. The van der Waals surface area contributed by atoms with Crippen LogP contribution in [-0.4, -0.2) is 25.0 Å². The van der Waals surface area contributed by atoms with Gasteiger partial charge in [0.2, 0.25) is 11.2 Å². The summed E-state index contributed by atoms with van der Waals surface area (Å²) in [5.74, 6) is -1.68. The molecular weight excluding hydrogens is 385 g/mol. The van der Waals surface area contributed by atoms with Gasteiger partial charge in [0.15, 0.2) is 5.76 Å². The fraction of sp³-hybridized carbons (Fsp3) is 0.235. The zero-order valence-electron chi connectivity index (χ0n) is 13.9. The lowest BCUT2D eigenvalue weighted by atomic mass is 10.2. The highest BCUT2D eigenvalue weighted by Crippen LogP contribution is 2.23. The fourth-order valence-corrected chi connectivity index (χ4v) is 2.24. The van der Waals surface area contributed by atoms with Gasteiger partial charge in [0, 0.05) is 6.07 Å². The molecule has 0 fully saturated rings. The summed E-state index contributed by atoms with van der Waals surface area (Å²) in [5, 5.41) is 3.12. The summed E-state index contributed by atoms with van der Waals surface area (Å²) in [7, 11) is 1.20. The Kier molecular flexibility index (Phi) is 6.65. The van der Waals surface area contributed by atoms with Crippen molar-refractivity contribution in [1.29, 1.82) is 0 Å². The van der Waals surface area contributed by atoms with Crippen LogP contribution in [0.15, 0.2) is 39.7 Å². The molecule has 1 heterocycles. The van der Waals surface area contributed by atoms with Gasteiger partial charge in [0.05, 0.1) is 17.2 Å². The second kappa shape index (κ2) is 8.73. The van der Waals surface area contributed by atoms with Crippen LogP contribution in [-0.2, 0) is 16.1 Å². The van der Waals surface area contributed by atoms with E-state index in [0.717, 1.165) is 12.3 Å². The van der Waals surface area contributed by atoms with Crippen molar-refractivity contribution in [3.63, 3.8) is 0 Å². The molecule has 0 aliphatic heterocycles. The van der Waals surface area contributed by atoms with Crippen molar-refractivity contribution in [2.24, 2.45) is 0 Å². The van der Waals surface area contributed by atoms with Crippen molar-refractivity contribution < 1.29 is 23.5 Å². The number of amides is 1. The van der Waals surface area contributed by atoms with Gasteiger partial charge in [-0.25, -0.2) is 4.79 Å². The van der Waals surface area contributed by atoms with Crippen molar-refractivity contribution in [2.75, 3.05) is 7.11 Å². The maximum absolute atomic E-state index is 12.1. The molecule has 0 bridgehead atoms. The largest absolute Gasteiger partial charge is 0.482 e. The van der Waals surface area contributed by atoms with Gasteiger partial charge in [-0.15, -0.1) is 0 Å². The molecule has 2 aromatic rings. The zero-order chi connectivity index (χ0) is 19.3. The van der Waals surface area contributed by atoms with E-state index in [0.29, 0.717) is 15.6 Å². The number of esters is 1. The maximum atomic E-state index is 12.1. The fourth-order valence-electron chi connectivity index (χ4n) is 1.92. The van der Waals surface area contributed by atoms with Crippen LogP contribution in [0.2, 0.25) is 10.0 Å². The summed E-state index contributed by atoms with van der Waals surface area (Å²) in [6.07, 6.45) is 1.03. The minimum atomic E-state index is -0.886. The maximum Gasteiger partial charge on any atom is 0.328 e. The molecule has 1 N–H and O–H groups in total. The van der Waals surface area contributed by atoms with Gasteiger partial charge >= 0.3 is 5.97 Å². The number of carbonyl (C=O) groups is 2. The van der Waals surface area contributed by atoms with Crippen molar-refractivity contribution >= 4 is 35.1 Å². The summed E-state index contributed by atoms with van der Waals surface area (Å²) in [6.45, 7) is 1.50. The number of nitrogens with one attached hydrogen (secondary N) is 1.